The molecule has 2 aromatic carbocycles. The third-order valence-corrected chi connectivity index (χ3v) is 3.51. The Morgan fingerprint density at radius 1 is 0.900 bits per heavy atom. The molecule has 0 saturated carbocycles. The molecule has 106 valence electrons. The summed E-state index contributed by atoms with van der Waals surface area (Å²) in [7, 11) is 2.16. The highest BCUT2D eigenvalue weighted by Gasteiger charge is 2.06. The van der Waals surface area contributed by atoms with Gasteiger partial charge < -0.3 is 5.73 Å². The van der Waals surface area contributed by atoms with Crippen molar-refractivity contribution < 1.29 is 0 Å². The van der Waals surface area contributed by atoms with Gasteiger partial charge in [-0.1, -0.05) is 53.6 Å². The monoisotopic (exact) mass is 268 g/mol. The van der Waals surface area contributed by atoms with Crippen LogP contribution in [0.1, 0.15) is 27.8 Å². The van der Waals surface area contributed by atoms with Crippen LogP contribution < -0.4 is 5.73 Å². The maximum atomic E-state index is 5.80. The van der Waals surface area contributed by atoms with Crippen LogP contribution in [-0.2, 0) is 19.6 Å². The van der Waals surface area contributed by atoms with Gasteiger partial charge in [-0.05, 0) is 37.6 Å². The Balaban J connectivity index is 2.07. The van der Waals surface area contributed by atoms with Gasteiger partial charge in [-0.3, -0.25) is 4.90 Å². The van der Waals surface area contributed by atoms with Gasteiger partial charge in [0.05, 0.1) is 0 Å². The Morgan fingerprint density at radius 3 is 2.10 bits per heavy atom. The molecule has 0 spiro atoms. The van der Waals surface area contributed by atoms with Crippen molar-refractivity contribution in [1.82, 2.24) is 4.90 Å². The van der Waals surface area contributed by atoms with Gasteiger partial charge in [0, 0.05) is 19.6 Å². The van der Waals surface area contributed by atoms with E-state index in [9.17, 15) is 0 Å². The first-order valence-corrected chi connectivity index (χ1v) is 7.11. The van der Waals surface area contributed by atoms with Crippen LogP contribution in [-0.4, -0.2) is 11.9 Å². The second-order valence-corrected chi connectivity index (χ2v) is 5.64. The molecule has 0 fully saturated rings. The molecule has 2 rings (SSSR count). The van der Waals surface area contributed by atoms with Crippen molar-refractivity contribution in [3.63, 3.8) is 0 Å². The van der Waals surface area contributed by atoms with Crippen LogP contribution in [0.15, 0.2) is 42.5 Å². The highest BCUT2D eigenvalue weighted by molar-refractivity contribution is 5.29. The first-order chi connectivity index (χ1) is 9.58. The Bertz CT molecular complexity index is 555. The first kappa shape index (κ1) is 14.8. The molecule has 0 bridgehead atoms. The summed E-state index contributed by atoms with van der Waals surface area (Å²) in [6.07, 6.45) is 0. The van der Waals surface area contributed by atoms with Crippen molar-refractivity contribution >= 4 is 0 Å². The summed E-state index contributed by atoms with van der Waals surface area (Å²) >= 11 is 0. The van der Waals surface area contributed by atoms with Gasteiger partial charge in [-0.25, -0.2) is 0 Å². The Morgan fingerprint density at radius 2 is 1.50 bits per heavy atom. The summed E-state index contributed by atoms with van der Waals surface area (Å²) in [5.74, 6) is 0. The van der Waals surface area contributed by atoms with Crippen LogP contribution in [0.2, 0.25) is 0 Å². The second-order valence-electron chi connectivity index (χ2n) is 5.64. The minimum Gasteiger partial charge on any atom is -0.326 e. The summed E-state index contributed by atoms with van der Waals surface area (Å²) in [6, 6.07) is 15.2. The SMILES string of the molecule is Cc1cc(C)cc(CN(C)Cc2ccccc2CN)c1. The van der Waals surface area contributed by atoms with Crippen molar-refractivity contribution in [3.8, 4) is 0 Å². The molecule has 2 N–H and O–H groups in total. The predicted molar refractivity (Wildman–Crippen MR) is 85.4 cm³/mol. The highest BCUT2D eigenvalue weighted by atomic mass is 15.1. The van der Waals surface area contributed by atoms with E-state index in [0.29, 0.717) is 6.54 Å². The molecule has 0 radical (unpaired) electrons. The van der Waals surface area contributed by atoms with Crippen LogP contribution in [0.5, 0.6) is 0 Å². The number of nitrogens with zero attached hydrogens (tertiary/aromatic N) is 1. The molecule has 0 amide bonds. The minimum absolute atomic E-state index is 0.605. The lowest BCUT2D eigenvalue weighted by atomic mass is 10.1. The third kappa shape index (κ3) is 3.92. The van der Waals surface area contributed by atoms with Gasteiger partial charge in [0.15, 0.2) is 0 Å². The van der Waals surface area contributed by atoms with Gasteiger partial charge in [-0.15, -0.1) is 0 Å². The van der Waals surface area contributed by atoms with E-state index in [2.05, 4.69) is 68.3 Å². The zero-order valence-electron chi connectivity index (χ0n) is 12.7. The van der Waals surface area contributed by atoms with Gasteiger partial charge >= 0.3 is 0 Å². The predicted octanol–water partition coefficient (Wildman–Crippen LogP) is 3.39. The third-order valence-electron chi connectivity index (χ3n) is 3.51. The molecular formula is C18H24N2. The van der Waals surface area contributed by atoms with Crippen molar-refractivity contribution in [3.05, 3.63) is 70.3 Å². The average molecular weight is 268 g/mol. The summed E-state index contributed by atoms with van der Waals surface area (Å²) in [5, 5.41) is 0. The van der Waals surface area contributed by atoms with E-state index in [1.165, 1.54) is 27.8 Å². The van der Waals surface area contributed by atoms with E-state index in [1.807, 2.05) is 0 Å². The number of hydrogen-bond acceptors (Lipinski definition) is 2. The van der Waals surface area contributed by atoms with Gasteiger partial charge in [0.1, 0.15) is 0 Å². The fourth-order valence-corrected chi connectivity index (χ4v) is 2.73. The molecule has 20 heavy (non-hydrogen) atoms. The lowest BCUT2D eigenvalue weighted by Crippen LogP contribution is -2.19. The Labute approximate surface area is 122 Å². The summed E-state index contributed by atoms with van der Waals surface area (Å²) in [5.41, 5.74) is 12.4. The molecule has 0 atom stereocenters. The normalized spacial score (nSPS) is 11.1. The fourth-order valence-electron chi connectivity index (χ4n) is 2.73. The lowest BCUT2D eigenvalue weighted by Gasteiger charge is -2.19. The number of benzene rings is 2. The molecule has 2 nitrogen and oxygen atoms in total. The van der Waals surface area contributed by atoms with Crippen LogP contribution in [0.4, 0.5) is 0 Å². The number of nitrogens with two attached hydrogens (primary N) is 1. The summed E-state index contributed by atoms with van der Waals surface area (Å²) in [4.78, 5) is 2.34. The first-order valence-electron chi connectivity index (χ1n) is 7.11. The Hall–Kier alpha value is -1.64. The number of aryl methyl sites for hydroxylation is 2. The standard InChI is InChI=1S/C18H24N2/c1-14-8-15(2)10-16(9-14)12-20(3)13-18-7-5-4-6-17(18)11-19/h4-10H,11-13,19H2,1-3H3. The highest BCUT2D eigenvalue weighted by Crippen LogP contribution is 2.14. The van der Waals surface area contributed by atoms with E-state index < -0.39 is 0 Å². The van der Waals surface area contributed by atoms with Gasteiger partial charge in [-0.2, -0.15) is 0 Å². The zero-order valence-corrected chi connectivity index (χ0v) is 12.7. The molecule has 0 aliphatic rings. The molecule has 0 saturated heterocycles. The lowest BCUT2D eigenvalue weighted by molar-refractivity contribution is 0.318. The van der Waals surface area contributed by atoms with E-state index in [0.717, 1.165) is 13.1 Å². The maximum Gasteiger partial charge on any atom is 0.0237 e. The molecule has 0 heterocycles. The van der Waals surface area contributed by atoms with Crippen LogP contribution in [0.25, 0.3) is 0 Å². The molecule has 0 aliphatic heterocycles. The summed E-state index contributed by atoms with van der Waals surface area (Å²) < 4.78 is 0. The van der Waals surface area contributed by atoms with Crippen LogP contribution in [0.3, 0.4) is 0 Å². The number of hydrogen-bond donors (Lipinski definition) is 1. The molecule has 0 aliphatic carbocycles. The van der Waals surface area contributed by atoms with Gasteiger partial charge in [0.2, 0.25) is 0 Å². The fraction of sp³-hybridized carbons (Fsp3) is 0.333. The zero-order chi connectivity index (χ0) is 14.5. The summed E-state index contributed by atoms with van der Waals surface area (Å²) in [6.45, 7) is 6.80. The van der Waals surface area contributed by atoms with E-state index in [4.69, 9.17) is 5.73 Å². The minimum atomic E-state index is 0.605. The molecule has 0 unspecified atom stereocenters. The van der Waals surface area contributed by atoms with E-state index in [-0.39, 0.29) is 0 Å². The van der Waals surface area contributed by atoms with E-state index >= 15 is 0 Å². The van der Waals surface area contributed by atoms with Crippen molar-refractivity contribution in [1.29, 1.82) is 0 Å². The van der Waals surface area contributed by atoms with Crippen LogP contribution >= 0.6 is 0 Å². The van der Waals surface area contributed by atoms with Crippen molar-refractivity contribution in [2.75, 3.05) is 7.05 Å². The Kier molecular flexibility index (Phi) is 4.94. The van der Waals surface area contributed by atoms with Crippen molar-refractivity contribution in [2.45, 2.75) is 33.5 Å². The van der Waals surface area contributed by atoms with Crippen LogP contribution in [0, 0.1) is 13.8 Å². The largest absolute Gasteiger partial charge is 0.326 e. The molecule has 0 aromatic heterocycles. The maximum absolute atomic E-state index is 5.80. The van der Waals surface area contributed by atoms with E-state index in [1.54, 1.807) is 0 Å². The van der Waals surface area contributed by atoms with Crippen molar-refractivity contribution in [2.24, 2.45) is 5.73 Å². The molecule has 2 heteroatoms. The van der Waals surface area contributed by atoms with Gasteiger partial charge in [0.25, 0.3) is 0 Å². The quantitative estimate of drug-likeness (QED) is 0.900. The smallest absolute Gasteiger partial charge is 0.0237 e. The topological polar surface area (TPSA) is 29.3 Å². The molecule has 2 aromatic rings. The number of rotatable bonds is 5. The second kappa shape index (κ2) is 6.69. The average Bonchev–Trinajstić information content (AvgIpc) is 2.37. The molecular weight excluding hydrogens is 244 g/mol.